The van der Waals surface area contributed by atoms with Crippen LogP contribution in [0.4, 0.5) is 5.82 Å². The van der Waals surface area contributed by atoms with Crippen LogP contribution in [-0.4, -0.2) is 44.2 Å². The maximum absolute atomic E-state index is 5.79. The smallest absolute Gasteiger partial charge is 0.199 e. The van der Waals surface area contributed by atoms with Crippen LogP contribution < -0.4 is 10.6 Å². The molecule has 1 aliphatic heterocycles. The topological polar surface area (TPSA) is 85.2 Å². The molecule has 0 spiro atoms. The number of hydrogen-bond donors (Lipinski definition) is 1. The second-order valence-electron chi connectivity index (χ2n) is 4.89. The second kappa shape index (κ2) is 4.49. The molecule has 2 aromatic rings. The van der Waals surface area contributed by atoms with Crippen LogP contribution in [-0.2, 0) is 0 Å². The van der Waals surface area contributed by atoms with E-state index in [1.165, 1.54) is 6.42 Å². The second-order valence-corrected chi connectivity index (χ2v) is 4.89. The highest BCUT2D eigenvalue weighted by molar-refractivity contribution is 5.47. The van der Waals surface area contributed by atoms with Gasteiger partial charge in [-0.2, -0.15) is 4.52 Å². The molecule has 0 saturated carbocycles. The molecule has 7 nitrogen and oxygen atoms in total. The molecule has 0 aromatic carbocycles. The summed E-state index contributed by atoms with van der Waals surface area (Å²) in [6, 6.07) is 0.462. The SMILES string of the molecule is CC1CCC(CN)CN1c1cncc2nnnn12. The quantitative estimate of drug-likeness (QED) is 0.809. The number of fused-ring (bicyclic) bond motifs is 1. The van der Waals surface area contributed by atoms with Crippen LogP contribution in [0.5, 0.6) is 0 Å². The first-order valence-corrected chi connectivity index (χ1v) is 6.28. The molecule has 96 valence electrons. The van der Waals surface area contributed by atoms with Gasteiger partial charge in [0.2, 0.25) is 0 Å². The Morgan fingerprint density at radius 1 is 1.39 bits per heavy atom. The molecular weight excluding hydrogens is 230 g/mol. The zero-order valence-corrected chi connectivity index (χ0v) is 10.4. The van der Waals surface area contributed by atoms with Gasteiger partial charge in [-0.3, -0.25) is 4.98 Å². The highest BCUT2D eigenvalue weighted by Gasteiger charge is 2.26. The minimum Gasteiger partial charge on any atom is -0.352 e. The number of aromatic nitrogens is 5. The summed E-state index contributed by atoms with van der Waals surface area (Å²) < 4.78 is 1.74. The number of tetrazole rings is 1. The van der Waals surface area contributed by atoms with Gasteiger partial charge in [-0.25, -0.2) is 0 Å². The molecule has 0 bridgehead atoms. The molecule has 2 atom stereocenters. The zero-order chi connectivity index (χ0) is 12.5. The van der Waals surface area contributed by atoms with Crippen molar-refractivity contribution in [2.75, 3.05) is 18.0 Å². The highest BCUT2D eigenvalue weighted by atomic mass is 15.5. The summed E-state index contributed by atoms with van der Waals surface area (Å²) in [6.45, 7) is 3.89. The average Bonchev–Trinajstić information content (AvgIpc) is 2.87. The van der Waals surface area contributed by atoms with Gasteiger partial charge in [0.25, 0.3) is 0 Å². The predicted octanol–water partition coefficient (Wildman–Crippen LogP) is 0.0829. The van der Waals surface area contributed by atoms with Gasteiger partial charge in [-0.05, 0) is 42.7 Å². The third-order valence-corrected chi connectivity index (χ3v) is 3.70. The minimum atomic E-state index is 0.462. The van der Waals surface area contributed by atoms with Crippen molar-refractivity contribution in [3.63, 3.8) is 0 Å². The van der Waals surface area contributed by atoms with E-state index in [9.17, 15) is 0 Å². The first-order chi connectivity index (χ1) is 8.79. The van der Waals surface area contributed by atoms with Crippen molar-refractivity contribution in [1.82, 2.24) is 25.0 Å². The first kappa shape index (κ1) is 11.3. The lowest BCUT2D eigenvalue weighted by Crippen LogP contribution is -2.44. The number of nitrogens with two attached hydrogens (primary N) is 1. The van der Waals surface area contributed by atoms with Crippen molar-refractivity contribution in [2.24, 2.45) is 11.7 Å². The Morgan fingerprint density at radius 3 is 3.11 bits per heavy atom. The highest BCUT2D eigenvalue weighted by Crippen LogP contribution is 2.26. The lowest BCUT2D eigenvalue weighted by Gasteiger charge is -2.38. The molecule has 1 aliphatic rings. The van der Waals surface area contributed by atoms with Crippen LogP contribution in [0.15, 0.2) is 12.4 Å². The molecule has 1 fully saturated rings. The molecule has 2 unspecified atom stereocenters. The van der Waals surface area contributed by atoms with E-state index >= 15 is 0 Å². The number of hydrogen-bond acceptors (Lipinski definition) is 6. The van der Waals surface area contributed by atoms with Crippen molar-refractivity contribution in [3.8, 4) is 0 Å². The summed E-state index contributed by atoms with van der Waals surface area (Å²) in [5.74, 6) is 1.48. The summed E-state index contributed by atoms with van der Waals surface area (Å²) in [5.41, 5.74) is 6.47. The standard InChI is InChI=1S/C11H17N7/c1-8-2-3-9(4-12)7-17(8)11-6-13-5-10-14-15-16-18(10)11/h5-6,8-9H,2-4,7,12H2,1H3. The molecule has 0 aliphatic carbocycles. The van der Waals surface area contributed by atoms with Gasteiger partial charge in [0.05, 0.1) is 12.4 Å². The Morgan fingerprint density at radius 2 is 2.28 bits per heavy atom. The molecule has 0 amide bonds. The summed E-state index contributed by atoms with van der Waals surface area (Å²) in [5, 5.41) is 11.6. The third-order valence-electron chi connectivity index (χ3n) is 3.70. The van der Waals surface area contributed by atoms with E-state index in [0.717, 1.165) is 25.3 Å². The molecule has 2 aromatic heterocycles. The van der Waals surface area contributed by atoms with Gasteiger partial charge in [-0.15, -0.1) is 5.10 Å². The normalized spacial score (nSPS) is 24.7. The number of piperidine rings is 1. The molecule has 1 saturated heterocycles. The monoisotopic (exact) mass is 247 g/mol. The van der Waals surface area contributed by atoms with E-state index in [4.69, 9.17) is 5.73 Å². The Hall–Kier alpha value is -1.76. The molecule has 18 heavy (non-hydrogen) atoms. The molecule has 7 heteroatoms. The average molecular weight is 247 g/mol. The first-order valence-electron chi connectivity index (χ1n) is 6.28. The number of rotatable bonds is 2. The lowest BCUT2D eigenvalue weighted by atomic mass is 9.93. The van der Waals surface area contributed by atoms with Gasteiger partial charge in [0, 0.05) is 12.6 Å². The molecule has 2 N–H and O–H groups in total. The number of anilines is 1. The van der Waals surface area contributed by atoms with Crippen LogP contribution in [0.2, 0.25) is 0 Å². The van der Waals surface area contributed by atoms with E-state index in [1.807, 2.05) is 6.20 Å². The van der Waals surface area contributed by atoms with Gasteiger partial charge in [0.1, 0.15) is 0 Å². The lowest BCUT2D eigenvalue weighted by molar-refractivity contribution is 0.370. The fourth-order valence-electron chi connectivity index (χ4n) is 2.55. The van der Waals surface area contributed by atoms with Crippen molar-refractivity contribution in [1.29, 1.82) is 0 Å². The van der Waals surface area contributed by atoms with Crippen LogP contribution in [0.3, 0.4) is 0 Å². The summed E-state index contributed by atoms with van der Waals surface area (Å²) >= 11 is 0. The van der Waals surface area contributed by atoms with Crippen molar-refractivity contribution in [2.45, 2.75) is 25.8 Å². The Balaban J connectivity index is 1.99. The summed E-state index contributed by atoms with van der Waals surface area (Å²) in [6.07, 6.45) is 5.81. The van der Waals surface area contributed by atoms with Gasteiger partial charge < -0.3 is 10.6 Å². The van der Waals surface area contributed by atoms with E-state index in [2.05, 4.69) is 32.3 Å². The number of nitrogens with zero attached hydrogens (tertiary/aromatic N) is 6. The van der Waals surface area contributed by atoms with Crippen LogP contribution in [0.1, 0.15) is 19.8 Å². The van der Waals surface area contributed by atoms with Gasteiger partial charge >= 0.3 is 0 Å². The fourth-order valence-corrected chi connectivity index (χ4v) is 2.55. The van der Waals surface area contributed by atoms with Crippen molar-refractivity contribution < 1.29 is 0 Å². The largest absolute Gasteiger partial charge is 0.352 e. The van der Waals surface area contributed by atoms with Gasteiger partial charge in [0.15, 0.2) is 11.5 Å². The maximum Gasteiger partial charge on any atom is 0.199 e. The Labute approximate surface area is 105 Å². The molecule has 0 radical (unpaired) electrons. The Bertz CT molecular complexity index is 537. The fraction of sp³-hybridized carbons (Fsp3) is 0.636. The van der Waals surface area contributed by atoms with Gasteiger partial charge in [-0.1, -0.05) is 0 Å². The third kappa shape index (κ3) is 1.80. The van der Waals surface area contributed by atoms with Crippen LogP contribution >= 0.6 is 0 Å². The minimum absolute atomic E-state index is 0.462. The van der Waals surface area contributed by atoms with Crippen molar-refractivity contribution >= 4 is 11.5 Å². The molecule has 3 heterocycles. The van der Waals surface area contributed by atoms with Crippen LogP contribution in [0, 0.1) is 5.92 Å². The van der Waals surface area contributed by atoms with Crippen molar-refractivity contribution in [3.05, 3.63) is 12.4 Å². The van der Waals surface area contributed by atoms with E-state index in [0.29, 0.717) is 17.6 Å². The Kier molecular flexibility index (Phi) is 2.83. The van der Waals surface area contributed by atoms with E-state index < -0.39 is 0 Å². The molecular formula is C11H17N7. The predicted molar refractivity (Wildman–Crippen MR) is 67.2 cm³/mol. The van der Waals surface area contributed by atoms with E-state index in [-0.39, 0.29) is 0 Å². The van der Waals surface area contributed by atoms with E-state index in [1.54, 1.807) is 10.7 Å². The van der Waals surface area contributed by atoms with Crippen LogP contribution in [0.25, 0.3) is 5.65 Å². The zero-order valence-electron chi connectivity index (χ0n) is 10.4. The summed E-state index contributed by atoms with van der Waals surface area (Å²) in [4.78, 5) is 6.51. The maximum atomic E-state index is 5.79. The summed E-state index contributed by atoms with van der Waals surface area (Å²) in [7, 11) is 0. The molecule has 3 rings (SSSR count).